The number of hydrogen-bond donors (Lipinski definition) is 0. The molecule has 0 saturated heterocycles. The van der Waals surface area contributed by atoms with E-state index in [9.17, 15) is 4.79 Å². The van der Waals surface area contributed by atoms with Gasteiger partial charge in [0.15, 0.2) is 0 Å². The Labute approximate surface area is 103 Å². The van der Waals surface area contributed by atoms with Crippen molar-refractivity contribution in [2.24, 2.45) is 0 Å². The quantitative estimate of drug-likeness (QED) is 0.795. The molecular weight excluding hydrogens is 212 g/mol. The van der Waals surface area contributed by atoms with Crippen molar-refractivity contribution < 1.29 is 4.79 Å². The molecule has 1 aliphatic rings. The van der Waals surface area contributed by atoms with Gasteiger partial charge < -0.3 is 4.90 Å². The number of nitrogens with zero attached hydrogens (tertiary/aromatic N) is 2. The highest BCUT2D eigenvalue weighted by molar-refractivity contribution is 5.98. The van der Waals surface area contributed by atoms with E-state index in [-0.39, 0.29) is 12.1 Å². The number of rotatable bonds is 4. The van der Waals surface area contributed by atoms with Crippen LogP contribution < -0.4 is 0 Å². The summed E-state index contributed by atoms with van der Waals surface area (Å²) >= 11 is 0. The molecule has 0 bridgehead atoms. The number of hydrogen-bond acceptors (Lipinski definition) is 2. The van der Waals surface area contributed by atoms with Crippen LogP contribution in [0.25, 0.3) is 0 Å². The number of fused-ring (bicyclic) bond motifs is 1. The lowest BCUT2D eigenvalue weighted by atomic mass is 10.1. The topological polar surface area (TPSA) is 23.6 Å². The molecule has 1 amide bonds. The molecule has 0 saturated carbocycles. The third-order valence-corrected chi connectivity index (χ3v) is 3.64. The first kappa shape index (κ1) is 12.1. The highest BCUT2D eigenvalue weighted by Crippen LogP contribution is 2.25. The molecule has 0 aromatic heterocycles. The van der Waals surface area contributed by atoms with Crippen molar-refractivity contribution in [1.29, 1.82) is 0 Å². The first-order valence-electron chi connectivity index (χ1n) is 6.32. The minimum Gasteiger partial charge on any atom is -0.319 e. The van der Waals surface area contributed by atoms with E-state index in [2.05, 4.69) is 25.7 Å². The summed E-state index contributed by atoms with van der Waals surface area (Å²) in [6.07, 6.45) is 0.171. The van der Waals surface area contributed by atoms with Crippen LogP contribution in [-0.2, 0) is 6.54 Å². The zero-order valence-corrected chi connectivity index (χ0v) is 10.8. The Bertz CT molecular complexity index is 412. The second-order valence-corrected chi connectivity index (χ2v) is 4.44. The zero-order chi connectivity index (χ0) is 12.4. The van der Waals surface area contributed by atoms with E-state index in [1.165, 1.54) is 0 Å². The van der Waals surface area contributed by atoms with E-state index in [4.69, 9.17) is 0 Å². The van der Waals surface area contributed by atoms with Crippen LogP contribution in [0.15, 0.2) is 24.3 Å². The summed E-state index contributed by atoms with van der Waals surface area (Å²) in [5, 5.41) is 0. The van der Waals surface area contributed by atoms with Crippen molar-refractivity contribution in [3.05, 3.63) is 35.4 Å². The van der Waals surface area contributed by atoms with Gasteiger partial charge >= 0.3 is 0 Å². The summed E-state index contributed by atoms with van der Waals surface area (Å²) in [4.78, 5) is 16.5. The number of benzene rings is 1. The van der Waals surface area contributed by atoms with Gasteiger partial charge in [-0.15, -0.1) is 0 Å². The summed E-state index contributed by atoms with van der Waals surface area (Å²) in [5.74, 6) is 0.167. The summed E-state index contributed by atoms with van der Waals surface area (Å²) < 4.78 is 0. The van der Waals surface area contributed by atoms with Crippen LogP contribution in [0.1, 0.15) is 36.7 Å². The first-order valence-corrected chi connectivity index (χ1v) is 6.32. The molecule has 92 valence electrons. The Hall–Kier alpha value is -1.35. The van der Waals surface area contributed by atoms with E-state index in [1.54, 1.807) is 0 Å². The molecule has 1 aromatic carbocycles. The van der Waals surface area contributed by atoms with Crippen LogP contribution in [0, 0.1) is 0 Å². The molecule has 1 atom stereocenters. The monoisotopic (exact) mass is 232 g/mol. The number of amides is 1. The third kappa shape index (κ3) is 2.07. The molecule has 0 spiro atoms. The van der Waals surface area contributed by atoms with E-state index in [1.807, 2.05) is 29.2 Å². The first-order chi connectivity index (χ1) is 8.19. The van der Waals surface area contributed by atoms with Gasteiger partial charge in [-0.3, -0.25) is 9.69 Å². The minimum atomic E-state index is 0.167. The standard InChI is InChI=1S/C14H20N2O/c1-4-15(5-2)11(3)16-10-12-8-6-7-9-13(12)14(16)17/h6-9,11H,4-5,10H2,1-3H3. The molecule has 17 heavy (non-hydrogen) atoms. The Morgan fingerprint density at radius 2 is 1.94 bits per heavy atom. The molecule has 1 unspecified atom stereocenters. The highest BCUT2D eigenvalue weighted by Gasteiger charge is 2.31. The van der Waals surface area contributed by atoms with Gasteiger partial charge in [0.25, 0.3) is 5.91 Å². The van der Waals surface area contributed by atoms with Gasteiger partial charge in [-0.2, -0.15) is 0 Å². The van der Waals surface area contributed by atoms with Crippen LogP contribution in [-0.4, -0.2) is 35.0 Å². The van der Waals surface area contributed by atoms with Gasteiger partial charge in [0.2, 0.25) is 0 Å². The highest BCUT2D eigenvalue weighted by atomic mass is 16.2. The second-order valence-electron chi connectivity index (χ2n) is 4.44. The maximum atomic E-state index is 12.3. The van der Waals surface area contributed by atoms with Crippen LogP contribution in [0.4, 0.5) is 0 Å². The fraction of sp³-hybridized carbons (Fsp3) is 0.500. The van der Waals surface area contributed by atoms with Crippen molar-refractivity contribution in [2.75, 3.05) is 13.1 Å². The molecule has 3 nitrogen and oxygen atoms in total. The van der Waals surface area contributed by atoms with Gasteiger partial charge in [0, 0.05) is 12.1 Å². The maximum absolute atomic E-state index is 12.3. The average molecular weight is 232 g/mol. The molecule has 0 aliphatic carbocycles. The van der Waals surface area contributed by atoms with Crippen LogP contribution >= 0.6 is 0 Å². The van der Waals surface area contributed by atoms with E-state index in [0.717, 1.165) is 30.8 Å². The summed E-state index contributed by atoms with van der Waals surface area (Å²) in [7, 11) is 0. The molecule has 0 N–H and O–H groups in total. The van der Waals surface area contributed by atoms with Crippen molar-refractivity contribution in [2.45, 2.75) is 33.5 Å². The molecule has 0 radical (unpaired) electrons. The minimum absolute atomic E-state index is 0.167. The largest absolute Gasteiger partial charge is 0.319 e. The summed E-state index contributed by atoms with van der Waals surface area (Å²) in [6.45, 7) is 9.06. The van der Waals surface area contributed by atoms with Gasteiger partial charge in [-0.1, -0.05) is 32.0 Å². The molecule has 3 heteroatoms. The maximum Gasteiger partial charge on any atom is 0.255 e. The second kappa shape index (κ2) is 4.88. The number of carbonyl (C=O) groups excluding carboxylic acids is 1. The SMILES string of the molecule is CCN(CC)C(C)N1Cc2ccccc2C1=O. The van der Waals surface area contributed by atoms with Gasteiger partial charge in [-0.05, 0) is 31.6 Å². The lowest BCUT2D eigenvalue weighted by molar-refractivity contribution is 0.0424. The van der Waals surface area contributed by atoms with E-state index < -0.39 is 0 Å². The Morgan fingerprint density at radius 3 is 2.53 bits per heavy atom. The van der Waals surface area contributed by atoms with E-state index >= 15 is 0 Å². The summed E-state index contributed by atoms with van der Waals surface area (Å²) in [6, 6.07) is 7.90. The fourth-order valence-corrected chi connectivity index (χ4v) is 2.53. The molecule has 0 fully saturated rings. The normalized spacial score (nSPS) is 16.5. The fourth-order valence-electron chi connectivity index (χ4n) is 2.53. The van der Waals surface area contributed by atoms with Crippen LogP contribution in [0.5, 0.6) is 0 Å². The van der Waals surface area contributed by atoms with Gasteiger partial charge in [0.05, 0.1) is 6.17 Å². The summed E-state index contributed by atoms with van der Waals surface area (Å²) in [5.41, 5.74) is 2.02. The number of carbonyl (C=O) groups is 1. The van der Waals surface area contributed by atoms with Crippen molar-refractivity contribution >= 4 is 5.91 Å². The molecule has 2 rings (SSSR count). The Kier molecular flexibility index (Phi) is 3.48. The molecule has 1 aromatic rings. The van der Waals surface area contributed by atoms with Crippen LogP contribution in [0.2, 0.25) is 0 Å². The zero-order valence-electron chi connectivity index (χ0n) is 10.8. The van der Waals surface area contributed by atoms with Crippen molar-refractivity contribution in [3.63, 3.8) is 0 Å². The average Bonchev–Trinajstić information content (AvgIpc) is 2.69. The third-order valence-electron chi connectivity index (χ3n) is 3.64. The Balaban J connectivity index is 2.19. The predicted octanol–water partition coefficient (Wildman–Crippen LogP) is 2.33. The van der Waals surface area contributed by atoms with Crippen molar-refractivity contribution in [1.82, 2.24) is 9.80 Å². The van der Waals surface area contributed by atoms with Crippen molar-refractivity contribution in [3.8, 4) is 0 Å². The molecule has 1 aliphatic heterocycles. The lowest BCUT2D eigenvalue weighted by Crippen LogP contribution is -2.46. The van der Waals surface area contributed by atoms with Gasteiger partial charge in [0.1, 0.15) is 0 Å². The lowest BCUT2D eigenvalue weighted by Gasteiger charge is -2.33. The Morgan fingerprint density at radius 1 is 1.29 bits per heavy atom. The van der Waals surface area contributed by atoms with Gasteiger partial charge in [-0.25, -0.2) is 0 Å². The smallest absolute Gasteiger partial charge is 0.255 e. The molecule has 1 heterocycles. The molecular formula is C14H20N2O. The van der Waals surface area contributed by atoms with Crippen LogP contribution in [0.3, 0.4) is 0 Å². The predicted molar refractivity (Wildman–Crippen MR) is 68.7 cm³/mol. The van der Waals surface area contributed by atoms with E-state index in [0.29, 0.717) is 0 Å².